The first-order valence-electron chi connectivity index (χ1n) is 7.61. The van der Waals surface area contributed by atoms with E-state index in [0.717, 1.165) is 36.7 Å². The Kier molecular flexibility index (Phi) is 4.95. The zero-order valence-electron chi connectivity index (χ0n) is 12.7. The van der Waals surface area contributed by atoms with Crippen molar-refractivity contribution < 1.29 is 5.11 Å². The molecule has 0 amide bonds. The molecule has 0 spiro atoms. The molecule has 1 fully saturated rings. The monoisotopic (exact) mass is 315 g/mol. The van der Waals surface area contributed by atoms with Crippen LogP contribution in [-0.2, 0) is 0 Å². The molecule has 0 unspecified atom stereocenters. The third-order valence-electron chi connectivity index (χ3n) is 4.03. The minimum Gasteiger partial charge on any atom is -0.393 e. The predicted molar refractivity (Wildman–Crippen MR) is 90.4 cm³/mol. The minimum atomic E-state index is -0.150. The largest absolute Gasteiger partial charge is 0.393 e. The molecule has 1 aromatic heterocycles. The number of rotatable bonds is 6. The zero-order chi connectivity index (χ0) is 15.4. The van der Waals surface area contributed by atoms with Crippen LogP contribution < -0.4 is 4.90 Å². The number of hydrogen-bond donors (Lipinski definition) is 1. The van der Waals surface area contributed by atoms with Crippen molar-refractivity contribution in [2.45, 2.75) is 29.8 Å². The topological polar surface area (TPSA) is 49.2 Å². The van der Waals surface area contributed by atoms with Gasteiger partial charge in [-0.25, -0.2) is 9.97 Å². The average molecular weight is 315 g/mol. The van der Waals surface area contributed by atoms with Gasteiger partial charge in [-0.2, -0.15) is 0 Å². The van der Waals surface area contributed by atoms with Gasteiger partial charge in [0.2, 0.25) is 0 Å². The Bertz CT molecular complexity index is 602. The third-order valence-corrected chi connectivity index (χ3v) is 5.03. The summed E-state index contributed by atoms with van der Waals surface area (Å²) in [7, 11) is 2.06. The van der Waals surface area contributed by atoms with Crippen molar-refractivity contribution in [3.63, 3.8) is 0 Å². The quantitative estimate of drug-likeness (QED) is 0.831. The molecule has 1 aromatic carbocycles. The van der Waals surface area contributed by atoms with E-state index in [0.29, 0.717) is 5.92 Å². The number of thioether (sulfide) groups is 1. The van der Waals surface area contributed by atoms with Crippen molar-refractivity contribution >= 4 is 17.6 Å². The fraction of sp³-hybridized carbons (Fsp3) is 0.412. The summed E-state index contributed by atoms with van der Waals surface area (Å²) in [5, 5.41) is 9.43. The number of aliphatic hydroxyl groups is 1. The van der Waals surface area contributed by atoms with E-state index in [4.69, 9.17) is 0 Å². The van der Waals surface area contributed by atoms with Gasteiger partial charge in [0.05, 0.1) is 6.10 Å². The summed E-state index contributed by atoms with van der Waals surface area (Å²) in [6, 6.07) is 12.5. The summed E-state index contributed by atoms with van der Waals surface area (Å²) in [4.78, 5) is 12.2. The van der Waals surface area contributed by atoms with Crippen LogP contribution in [0.2, 0.25) is 0 Å². The number of hydrogen-bond acceptors (Lipinski definition) is 5. The number of nitrogens with zero attached hydrogens (tertiary/aromatic N) is 3. The van der Waals surface area contributed by atoms with Gasteiger partial charge in [-0.05, 0) is 25.0 Å². The molecule has 5 heteroatoms. The molecule has 0 bridgehead atoms. The van der Waals surface area contributed by atoms with Crippen molar-refractivity contribution in [1.82, 2.24) is 9.97 Å². The Hall–Kier alpha value is -1.59. The normalized spacial score (nSPS) is 20.5. The molecule has 0 aliphatic heterocycles. The van der Waals surface area contributed by atoms with Crippen LogP contribution >= 0.6 is 11.8 Å². The summed E-state index contributed by atoms with van der Waals surface area (Å²) in [6.45, 7) is 0.934. The zero-order valence-corrected chi connectivity index (χ0v) is 13.5. The van der Waals surface area contributed by atoms with E-state index in [1.165, 1.54) is 4.90 Å². The SMILES string of the molecule is CN(CCSc1ccccc1)c1cc(C2CC(O)C2)ncn1. The van der Waals surface area contributed by atoms with E-state index >= 15 is 0 Å². The van der Waals surface area contributed by atoms with Crippen LogP contribution in [0.4, 0.5) is 5.82 Å². The Morgan fingerprint density at radius 3 is 2.73 bits per heavy atom. The Balaban J connectivity index is 1.53. The lowest BCUT2D eigenvalue weighted by Gasteiger charge is -2.31. The highest BCUT2D eigenvalue weighted by atomic mass is 32.2. The molecule has 0 atom stereocenters. The van der Waals surface area contributed by atoms with E-state index in [1.807, 2.05) is 17.8 Å². The summed E-state index contributed by atoms with van der Waals surface area (Å²) in [5.74, 6) is 2.37. The van der Waals surface area contributed by atoms with Crippen LogP contribution in [0.5, 0.6) is 0 Å². The van der Waals surface area contributed by atoms with Gasteiger partial charge < -0.3 is 10.0 Å². The molecule has 1 heterocycles. The maximum absolute atomic E-state index is 9.43. The van der Waals surface area contributed by atoms with Gasteiger partial charge in [-0.15, -0.1) is 11.8 Å². The lowest BCUT2D eigenvalue weighted by atomic mass is 9.80. The average Bonchev–Trinajstić information content (AvgIpc) is 2.53. The van der Waals surface area contributed by atoms with Gasteiger partial charge in [-0.3, -0.25) is 0 Å². The van der Waals surface area contributed by atoms with Crippen molar-refractivity contribution in [1.29, 1.82) is 0 Å². The molecule has 0 radical (unpaired) electrons. The fourth-order valence-electron chi connectivity index (χ4n) is 2.55. The van der Waals surface area contributed by atoms with E-state index in [1.54, 1.807) is 6.33 Å². The second-order valence-electron chi connectivity index (χ2n) is 5.71. The highest BCUT2D eigenvalue weighted by molar-refractivity contribution is 7.99. The van der Waals surface area contributed by atoms with Gasteiger partial charge in [0.25, 0.3) is 0 Å². The molecule has 1 saturated carbocycles. The summed E-state index contributed by atoms with van der Waals surface area (Å²) in [6.07, 6.45) is 3.13. The van der Waals surface area contributed by atoms with Gasteiger partial charge in [0, 0.05) is 41.9 Å². The number of aromatic nitrogens is 2. The molecule has 116 valence electrons. The van der Waals surface area contributed by atoms with Crippen molar-refractivity contribution in [2.75, 3.05) is 24.2 Å². The first-order chi connectivity index (χ1) is 10.7. The lowest BCUT2D eigenvalue weighted by molar-refractivity contribution is 0.0732. The molecular formula is C17H21N3OS. The van der Waals surface area contributed by atoms with Crippen molar-refractivity contribution in [3.05, 3.63) is 48.4 Å². The van der Waals surface area contributed by atoms with Crippen LogP contribution in [0.3, 0.4) is 0 Å². The van der Waals surface area contributed by atoms with Gasteiger partial charge >= 0.3 is 0 Å². The minimum absolute atomic E-state index is 0.150. The number of aliphatic hydroxyl groups excluding tert-OH is 1. The van der Waals surface area contributed by atoms with E-state index < -0.39 is 0 Å². The Labute approximate surface area is 135 Å². The summed E-state index contributed by atoms with van der Waals surface area (Å²) >= 11 is 1.85. The van der Waals surface area contributed by atoms with E-state index in [-0.39, 0.29) is 6.10 Å². The molecule has 3 rings (SSSR count). The van der Waals surface area contributed by atoms with Gasteiger partial charge in [0.1, 0.15) is 12.1 Å². The molecule has 2 aromatic rings. The highest BCUT2D eigenvalue weighted by Crippen LogP contribution is 2.36. The Morgan fingerprint density at radius 1 is 1.23 bits per heavy atom. The van der Waals surface area contributed by atoms with Gasteiger partial charge in [0.15, 0.2) is 0 Å². The van der Waals surface area contributed by atoms with Crippen LogP contribution in [0.1, 0.15) is 24.5 Å². The number of benzene rings is 1. The second-order valence-corrected chi connectivity index (χ2v) is 6.87. The first kappa shape index (κ1) is 15.3. The summed E-state index contributed by atoms with van der Waals surface area (Å²) < 4.78 is 0. The highest BCUT2D eigenvalue weighted by Gasteiger charge is 2.29. The summed E-state index contributed by atoms with van der Waals surface area (Å²) in [5.41, 5.74) is 1.05. The van der Waals surface area contributed by atoms with Crippen LogP contribution in [0, 0.1) is 0 Å². The molecule has 22 heavy (non-hydrogen) atoms. The maximum atomic E-state index is 9.43. The molecular weight excluding hydrogens is 294 g/mol. The third kappa shape index (κ3) is 3.78. The van der Waals surface area contributed by atoms with Crippen LogP contribution in [-0.4, -0.2) is 40.5 Å². The van der Waals surface area contributed by atoms with E-state index in [9.17, 15) is 5.11 Å². The Morgan fingerprint density at radius 2 is 2.00 bits per heavy atom. The molecule has 1 N–H and O–H groups in total. The fourth-order valence-corrected chi connectivity index (χ4v) is 3.50. The second kappa shape index (κ2) is 7.11. The van der Waals surface area contributed by atoms with Crippen LogP contribution in [0.25, 0.3) is 0 Å². The van der Waals surface area contributed by atoms with Crippen LogP contribution in [0.15, 0.2) is 47.6 Å². The standard InChI is InChI=1S/C17H21N3OS/c1-20(7-8-22-15-5-3-2-4-6-15)17-11-16(18-12-19-17)13-9-14(21)10-13/h2-6,11-14,21H,7-10H2,1H3. The molecule has 0 saturated heterocycles. The number of anilines is 1. The lowest BCUT2D eigenvalue weighted by Crippen LogP contribution is -2.28. The molecule has 4 nitrogen and oxygen atoms in total. The van der Waals surface area contributed by atoms with Crippen molar-refractivity contribution in [2.24, 2.45) is 0 Å². The molecule has 1 aliphatic rings. The van der Waals surface area contributed by atoms with Crippen molar-refractivity contribution in [3.8, 4) is 0 Å². The predicted octanol–water partition coefficient (Wildman–Crippen LogP) is 2.94. The van der Waals surface area contributed by atoms with Gasteiger partial charge in [-0.1, -0.05) is 18.2 Å². The smallest absolute Gasteiger partial charge is 0.131 e. The maximum Gasteiger partial charge on any atom is 0.131 e. The first-order valence-corrected chi connectivity index (χ1v) is 8.60. The van der Waals surface area contributed by atoms with E-state index in [2.05, 4.69) is 52.2 Å². The molecule has 1 aliphatic carbocycles.